The molecule has 0 spiro atoms. The molecule has 4 nitrogen and oxygen atoms in total. The third kappa shape index (κ3) is 3.46. The number of ether oxygens (including phenoxy) is 1. The summed E-state index contributed by atoms with van der Waals surface area (Å²) in [4.78, 5) is 11.4. The van der Waals surface area contributed by atoms with Crippen LogP contribution in [0.3, 0.4) is 0 Å². The molecule has 1 unspecified atom stereocenters. The third-order valence-corrected chi connectivity index (χ3v) is 3.72. The zero-order chi connectivity index (χ0) is 12.2. The Hall–Kier alpha value is -0.610. The highest BCUT2D eigenvalue weighted by Crippen LogP contribution is 2.33. The van der Waals surface area contributed by atoms with Crippen LogP contribution in [-0.2, 0) is 9.53 Å². The first-order valence-electron chi connectivity index (χ1n) is 6.18. The molecule has 0 heterocycles. The van der Waals surface area contributed by atoms with Gasteiger partial charge < -0.3 is 16.2 Å². The predicted octanol–water partition coefficient (Wildman–Crippen LogP) is 1.17. The average molecular weight is 228 g/mol. The van der Waals surface area contributed by atoms with Crippen LogP contribution in [0.15, 0.2) is 0 Å². The molecule has 0 aromatic heterocycles. The average Bonchev–Trinajstić information content (AvgIpc) is 2.23. The van der Waals surface area contributed by atoms with Gasteiger partial charge in [-0.1, -0.05) is 6.92 Å². The molecule has 1 atom stereocenters. The molecule has 1 saturated carbocycles. The zero-order valence-corrected chi connectivity index (χ0v) is 10.4. The zero-order valence-electron chi connectivity index (χ0n) is 10.4. The second-order valence-corrected chi connectivity index (χ2v) is 4.98. The van der Waals surface area contributed by atoms with Gasteiger partial charge in [0.2, 0.25) is 0 Å². The Balaban J connectivity index is 2.45. The summed E-state index contributed by atoms with van der Waals surface area (Å²) in [6.07, 6.45) is 4.16. The van der Waals surface area contributed by atoms with Crippen molar-refractivity contribution in [3.8, 4) is 0 Å². The van der Waals surface area contributed by atoms with Gasteiger partial charge in [0.25, 0.3) is 0 Å². The Labute approximate surface area is 97.7 Å². The molecule has 0 aromatic rings. The van der Waals surface area contributed by atoms with E-state index in [0.717, 1.165) is 25.7 Å². The second kappa shape index (κ2) is 5.64. The van der Waals surface area contributed by atoms with Gasteiger partial charge in [-0.15, -0.1) is 0 Å². The van der Waals surface area contributed by atoms with Crippen molar-refractivity contribution in [1.82, 2.24) is 0 Å². The fourth-order valence-corrected chi connectivity index (χ4v) is 2.34. The van der Waals surface area contributed by atoms with E-state index >= 15 is 0 Å². The summed E-state index contributed by atoms with van der Waals surface area (Å²) < 4.78 is 4.95. The third-order valence-electron chi connectivity index (χ3n) is 3.72. The van der Waals surface area contributed by atoms with Crippen molar-refractivity contribution in [3.63, 3.8) is 0 Å². The van der Waals surface area contributed by atoms with Crippen LogP contribution in [0.1, 0.15) is 46.0 Å². The van der Waals surface area contributed by atoms with Gasteiger partial charge in [0.05, 0.1) is 6.61 Å². The van der Waals surface area contributed by atoms with E-state index in [4.69, 9.17) is 16.2 Å². The smallest absolute Gasteiger partial charge is 0.306 e. The Morgan fingerprint density at radius 1 is 1.50 bits per heavy atom. The monoisotopic (exact) mass is 228 g/mol. The van der Waals surface area contributed by atoms with Crippen LogP contribution in [0, 0.1) is 5.92 Å². The molecule has 0 radical (unpaired) electrons. The molecule has 4 N–H and O–H groups in total. The van der Waals surface area contributed by atoms with Gasteiger partial charge in [0.1, 0.15) is 0 Å². The minimum Gasteiger partial charge on any atom is -0.466 e. The van der Waals surface area contributed by atoms with Crippen molar-refractivity contribution < 1.29 is 9.53 Å². The normalized spacial score (nSPS) is 32.1. The molecule has 0 aromatic carbocycles. The van der Waals surface area contributed by atoms with Crippen LogP contribution in [0.2, 0.25) is 0 Å². The van der Waals surface area contributed by atoms with E-state index in [1.165, 1.54) is 0 Å². The van der Waals surface area contributed by atoms with Crippen molar-refractivity contribution in [3.05, 3.63) is 0 Å². The van der Waals surface area contributed by atoms with Crippen LogP contribution in [0.5, 0.6) is 0 Å². The fraction of sp³-hybridized carbons (Fsp3) is 0.917. The summed E-state index contributed by atoms with van der Waals surface area (Å²) in [7, 11) is 0. The Morgan fingerprint density at radius 2 is 2.06 bits per heavy atom. The molecule has 1 aliphatic carbocycles. The molecule has 1 fully saturated rings. The van der Waals surface area contributed by atoms with E-state index in [-0.39, 0.29) is 23.5 Å². The van der Waals surface area contributed by atoms with Gasteiger partial charge in [-0.3, -0.25) is 4.79 Å². The molecular weight excluding hydrogens is 204 g/mol. The van der Waals surface area contributed by atoms with E-state index in [0.29, 0.717) is 13.0 Å². The fourth-order valence-electron chi connectivity index (χ4n) is 2.34. The molecule has 0 saturated heterocycles. The summed E-state index contributed by atoms with van der Waals surface area (Å²) in [5.74, 6) is 0.0220. The first-order chi connectivity index (χ1) is 7.48. The van der Waals surface area contributed by atoms with Gasteiger partial charge in [-0.05, 0) is 38.5 Å². The van der Waals surface area contributed by atoms with Crippen LogP contribution >= 0.6 is 0 Å². The molecule has 1 aliphatic rings. The van der Waals surface area contributed by atoms with Crippen LogP contribution in [-0.4, -0.2) is 24.2 Å². The van der Waals surface area contributed by atoms with Crippen molar-refractivity contribution >= 4 is 5.97 Å². The van der Waals surface area contributed by atoms with Gasteiger partial charge in [0.15, 0.2) is 0 Å². The van der Waals surface area contributed by atoms with Gasteiger partial charge in [0, 0.05) is 18.0 Å². The second-order valence-electron chi connectivity index (χ2n) is 4.98. The lowest BCUT2D eigenvalue weighted by molar-refractivity contribution is -0.144. The quantitative estimate of drug-likeness (QED) is 0.708. The van der Waals surface area contributed by atoms with Gasteiger partial charge in [-0.2, -0.15) is 0 Å². The lowest BCUT2D eigenvalue weighted by atomic mass is 9.72. The first-order valence-corrected chi connectivity index (χ1v) is 6.18. The van der Waals surface area contributed by atoms with E-state index < -0.39 is 0 Å². The summed E-state index contributed by atoms with van der Waals surface area (Å²) in [5, 5.41) is 0. The first kappa shape index (κ1) is 13.5. The highest BCUT2D eigenvalue weighted by molar-refractivity contribution is 5.69. The maximum Gasteiger partial charge on any atom is 0.306 e. The number of esters is 1. The molecule has 4 heteroatoms. The molecular formula is C12H24N2O2. The Kier molecular flexibility index (Phi) is 4.74. The van der Waals surface area contributed by atoms with Crippen LogP contribution in [0.4, 0.5) is 0 Å². The van der Waals surface area contributed by atoms with E-state index in [9.17, 15) is 4.79 Å². The number of carbonyl (C=O) groups is 1. The lowest BCUT2D eigenvalue weighted by Gasteiger charge is -2.40. The van der Waals surface area contributed by atoms with Crippen molar-refractivity contribution in [1.29, 1.82) is 0 Å². The maximum atomic E-state index is 11.4. The lowest BCUT2D eigenvalue weighted by Crippen LogP contribution is -2.51. The summed E-state index contributed by atoms with van der Waals surface area (Å²) >= 11 is 0. The standard InChI is InChI=1S/C12H24N2O2/c1-3-16-11(15)8-9(2)12(14)6-4-10(13)5-7-12/h9-10H,3-8,13-14H2,1-2H3. The van der Waals surface area contributed by atoms with Crippen LogP contribution in [0.25, 0.3) is 0 Å². The minimum atomic E-state index is -0.234. The number of carbonyl (C=O) groups excluding carboxylic acids is 1. The molecule has 1 rings (SSSR count). The summed E-state index contributed by atoms with van der Waals surface area (Å²) in [6, 6.07) is 0.284. The topological polar surface area (TPSA) is 78.3 Å². The highest BCUT2D eigenvalue weighted by atomic mass is 16.5. The molecule has 16 heavy (non-hydrogen) atoms. The number of rotatable bonds is 4. The van der Waals surface area contributed by atoms with Gasteiger partial charge >= 0.3 is 5.97 Å². The largest absolute Gasteiger partial charge is 0.466 e. The predicted molar refractivity (Wildman–Crippen MR) is 63.8 cm³/mol. The maximum absolute atomic E-state index is 11.4. The Morgan fingerprint density at radius 3 is 2.56 bits per heavy atom. The Bertz CT molecular complexity index is 235. The highest BCUT2D eigenvalue weighted by Gasteiger charge is 2.36. The van der Waals surface area contributed by atoms with Crippen molar-refractivity contribution in [2.45, 2.75) is 57.5 Å². The number of hydrogen-bond acceptors (Lipinski definition) is 4. The van der Waals surface area contributed by atoms with Crippen molar-refractivity contribution in [2.24, 2.45) is 17.4 Å². The number of nitrogens with two attached hydrogens (primary N) is 2. The number of hydrogen-bond donors (Lipinski definition) is 2. The van der Waals surface area contributed by atoms with E-state index in [1.807, 2.05) is 13.8 Å². The van der Waals surface area contributed by atoms with E-state index in [1.54, 1.807) is 0 Å². The van der Waals surface area contributed by atoms with Gasteiger partial charge in [-0.25, -0.2) is 0 Å². The minimum absolute atomic E-state index is 0.144. The molecule has 0 aliphatic heterocycles. The van der Waals surface area contributed by atoms with Crippen molar-refractivity contribution in [2.75, 3.05) is 6.61 Å². The summed E-state index contributed by atoms with van der Waals surface area (Å²) in [6.45, 7) is 4.29. The SMILES string of the molecule is CCOC(=O)CC(C)C1(N)CCC(N)CC1. The summed E-state index contributed by atoms with van der Waals surface area (Å²) in [5.41, 5.74) is 12.0. The van der Waals surface area contributed by atoms with Crippen LogP contribution < -0.4 is 11.5 Å². The molecule has 0 amide bonds. The molecule has 0 bridgehead atoms. The molecule has 94 valence electrons. The van der Waals surface area contributed by atoms with E-state index in [2.05, 4.69) is 0 Å².